The fraction of sp³-hybridized carbons (Fsp3) is 0.462. The lowest BCUT2D eigenvalue weighted by Gasteiger charge is -2.25. The lowest BCUT2D eigenvalue weighted by Crippen LogP contribution is -2.33. The molecule has 0 radical (unpaired) electrons. The first-order chi connectivity index (χ1) is 8.56. The summed E-state index contributed by atoms with van der Waals surface area (Å²) in [6.45, 7) is 2.66. The molecule has 4 nitrogen and oxygen atoms in total. The third-order valence-corrected chi connectivity index (χ3v) is 2.81. The molecule has 0 saturated carbocycles. The third kappa shape index (κ3) is 4.09. The molecule has 0 aromatic heterocycles. The van der Waals surface area contributed by atoms with Gasteiger partial charge in [-0.15, -0.1) is 0 Å². The van der Waals surface area contributed by atoms with Crippen molar-refractivity contribution in [1.29, 1.82) is 0 Å². The molecule has 0 aliphatic carbocycles. The second-order valence-corrected chi connectivity index (χ2v) is 4.07. The number of nitrogens with two attached hydrogens (primary N) is 1. The number of amides is 1. The Kier molecular flexibility index (Phi) is 5.74. The first-order valence-electron chi connectivity index (χ1n) is 5.85. The minimum absolute atomic E-state index is 0.0131. The lowest BCUT2D eigenvalue weighted by molar-refractivity contribution is -0.136. The Labute approximate surface area is 107 Å². The summed E-state index contributed by atoms with van der Waals surface area (Å²) in [6.07, 6.45) is 0. The zero-order valence-corrected chi connectivity index (χ0v) is 10.7. The summed E-state index contributed by atoms with van der Waals surface area (Å²) in [6, 6.07) is 5.98. The van der Waals surface area contributed by atoms with E-state index in [9.17, 15) is 9.18 Å². The van der Waals surface area contributed by atoms with E-state index in [1.807, 2.05) is 6.92 Å². The van der Waals surface area contributed by atoms with Crippen LogP contribution in [0.1, 0.15) is 18.5 Å². The molecule has 1 amide bonds. The Bertz CT molecular complexity index is 381. The van der Waals surface area contributed by atoms with Gasteiger partial charge in [-0.25, -0.2) is 4.39 Å². The van der Waals surface area contributed by atoms with E-state index in [0.717, 1.165) is 5.56 Å². The van der Waals surface area contributed by atoms with Crippen molar-refractivity contribution in [1.82, 2.24) is 4.90 Å². The van der Waals surface area contributed by atoms with Crippen LogP contribution in [0.4, 0.5) is 4.39 Å². The smallest absolute Gasteiger partial charge is 0.248 e. The SMILES string of the molecule is CC(c1ccc(F)cc1)N(C)C(=O)COCCN. The fourth-order valence-electron chi connectivity index (χ4n) is 1.53. The van der Waals surface area contributed by atoms with Crippen LogP contribution in [0.3, 0.4) is 0 Å². The largest absolute Gasteiger partial charge is 0.370 e. The monoisotopic (exact) mass is 254 g/mol. The maximum absolute atomic E-state index is 12.8. The van der Waals surface area contributed by atoms with E-state index in [2.05, 4.69) is 0 Å². The van der Waals surface area contributed by atoms with Crippen molar-refractivity contribution >= 4 is 5.91 Å². The summed E-state index contributed by atoms with van der Waals surface area (Å²) >= 11 is 0. The van der Waals surface area contributed by atoms with Gasteiger partial charge in [-0.2, -0.15) is 0 Å². The van der Waals surface area contributed by atoms with Crippen LogP contribution in [0, 0.1) is 5.82 Å². The highest BCUT2D eigenvalue weighted by molar-refractivity contribution is 5.77. The van der Waals surface area contributed by atoms with E-state index < -0.39 is 0 Å². The molecule has 5 heteroatoms. The van der Waals surface area contributed by atoms with Crippen LogP contribution in [0.15, 0.2) is 24.3 Å². The Hall–Kier alpha value is -1.46. The molecule has 0 fully saturated rings. The number of rotatable bonds is 6. The minimum Gasteiger partial charge on any atom is -0.370 e. The highest BCUT2D eigenvalue weighted by atomic mass is 19.1. The highest BCUT2D eigenvalue weighted by Crippen LogP contribution is 2.18. The Morgan fingerprint density at radius 2 is 2.06 bits per heavy atom. The summed E-state index contributed by atoms with van der Waals surface area (Å²) < 4.78 is 17.9. The second kappa shape index (κ2) is 7.08. The number of carbonyl (C=O) groups excluding carboxylic acids is 1. The molecule has 1 aromatic carbocycles. The van der Waals surface area contributed by atoms with Gasteiger partial charge in [0, 0.05) is 13.6 Å². The van der Waals surface area contributed by atoms with Crippen LogP contribution >= 0.6 is 0 Å². The number of benzene rings is 1. The third-order valence-electron chi connectivity index (χ3n) is 2.81. The molecular formula is C13H19FN2O2. The quantitative estimate of drug-likeness (QED) is 0.779. The highest BCUT2D eigenvalue weighted by Gasteiger charge is 2.17. The van der Waals surface area contributed by atoms with Gasteiger partial charge in [-0.1, -0.05) is 12.1 Å². The predicted molar refractivity (Wildman–Crippen MR) is 67.5 cm³/mol. The summed E-state index contributed by atoms with van der Waals surface area (Å²) in [7, 11) is 1.70. The van der Waals surface area contributed by atoms with Gasteiger partial charge in [0.05, 0.1) is 12.6 Å². The molecule has 1 aromatic rings. The Balaban J connectivity index is 2.57. The average molecular weight is 254 g/mol. The van der Waals surface area contributed by atoms with Gasteiger partial charge in [-0.05, 0) is 24.6 Å². The van der Waals surface area contributed by atoms with Gasteiger partial charge >= 0.3 is 0 Å². The second-order valence-electron chi connectivity index (χ2n) is 4.07. The number of likely N-dealkylation sites (N-methyl/N-ethyl adjacent to an activating group) is 1. The molecule has 1 atom stereocenters. The van der Waals surface area contributed by atoms with Crippen molar-refractivity contribution in [3.8, 4) is 0 Å². The standard InChI is InChI=1S/C13H19FN2O2/c1-10(11-3-5-12(14)6-4-11)16(2)13(17)9-18-8-7-15/h3-6,10H,7-9,15H2,1-2H3. The van der Waals surface area contributed by atoms with E-state index >= 15 is 0 Å². The molecule has 1 rings (SSSR count). The topological polar surface area (TPSA) is 55.6 Å². The van der Waals surface area contributed by atoms with Gasteiger partial charge in [0.2, 0.25) is 5.91 Å². The molecular weight excluding hydrogens is 235 g/mol. The number of hydrogen-bond donors (Lipinski definition) is 1. The molecule has 0 bridgehead atoms. The molecule has 100 valence electrons. The maximum atomic E-state index is 12.8. The number of halogens is 1. The summed E-state index contributed by atoms with van der Waals surface area (Å²) in [5, 5.41) is 0. The normalized spacial score (nSPS) is 12.2. The molecule has 0 saturated heterocycles. The van der Waals surface area contributed by atoms with E-state index in [1.54, 1.807) is 24.1 Å². The van der Waals surface area contributed by atoms with Gasteiger partial charge < -0.3 is 15.4 Å². The van der Waals surface area contributed by atoms with Crippen LogP contribution in [0.25, 0.3) is 0 Å². The molecule has 0 aliphatic heterocycles. The van der Waals surface area contributed by atoms with Crippen molar-refractivity contribution in [3.05, 3.63) is 35.6 Å². The first kappa shape index (κ1) is 14.6. The lowest BCUT2D eigenvalue weighted by atomic mass is 10.1. The van der Waals surface area contributed by atoms with Crippen LogP contribution in [-0.4, -0.2) is 37.6 Å². The molecule has 1 unspecified atom stereocenters. The molecule has 2 N–H and O–H groups in total. The predicted octanol–water partition coefficient (Wildman–Crippen LogP) is 1.32. The number of nitrogens with zero attached hydrogens (tertiary/aromatic N) is 1. The fourth-order valence-corrected chi connectivity index (χ4v) is 1.53. The summed E-state index contributed by atoms with van der Waals surface area (Å²) in [4.78, 5) is 13.4. The van der Waals surface area contributed by atoms with Crippen molar-refractivity contribution in [2.45, 2.75) is 13.0 Å². The maximum Gasteiger partial charge on any atom is 0.248 e. The zero-order chi connectivity index (χ0) is 13.5. The first-order valence-corrected chi connectivity index (χ1v) is 5.85. The molecule has 18 heavy (non-hydrogen) atoms. The molecule has 0 heterocycles. The van der Waals surface area contributed by atoms with Crippen LogP contribution in [0.2, 0.25) is 0 Å². The van der Waals surface area contributed by atoms with E-state index in [4.69, 9.17) is 10.5 Å². The number of carbonyl (C=O) groups is 1. The van der Waals surface area contributed by atoms with Crippen LogP contribution in [0.5, 0.6) is 0 Å². The van der Waals surface area contributed by atoms with Gasteiger partial charge in [-0.3, -0.25) is 4.79 Å². The number of hydrogen-bond acceptors (Lipinski definition) is 3. The minimum atomic E-state index is -0.286. The van der Waals surface area contributed by atoms with Gasteiger partial charge in [0.25, 0.3) is 0 Å². The van der Waals surface area contributed by atoms with E-state index in [0.29, 0.717) is 13.2 Å². The number of ether oxygens (including phenoxy) is 1. The molecule has 0 aliphatic rings. The Morgan fingerprint density at radius 1 is 1.44 bits per heavy atom. The van der Waals surface area contributed by atoms with Gasteiger partial charge in [0.1, 0.15) is 12.4 Å². The van der Waals surface area contributed by atoms with Crippen LogP contribution in [-0.2, 0) is 9.53 Å². The summed E-state index contributed by atoms with van der Waals surface area (Å²) in [5.74, 6) is -0.411. The van der Waals surface area contributed by atoms with Gasteiger partial charge in [0.15, 0.2) is 0 Å². The van der Waals surface area contributed by atoms with Crippen molar-refractivity contribution < 1.29 is 13.9 Å². The average Bonchev–Trinajstić information content (AvgIpc) is 2.38. The zero-order valence-electron chi connectivity index (χ0n) is 10.7. The van der Waals surface area contributed by atoms with Crippen molar-refractivity contribution in [2.24, 2.45) is 5.73 Å². The Morgan fingerprint density at radius 3 is 2.61 bits per heavy atom. The summed E-state index contributed by atoms with van der Waals surface area (Å²) in [5.41, 5.74) is 6.15. The van der Waals surface area contributed by atoms with E-state index in [-0.39, 0.29) is 24.4 Å². The molecule has 0 spiro atoms. The van der Waals surface area contributed by atoms with E-state index in [1.165, 1.54) is 12.1 Å². The van der Waals surface area contributed by atoms with Crippen molar-refractivity contribution in [2.75, 3.05) is 26.8 Å². The van der Waals surface area contributed by atoms with Crippen molar-refractivity contribution in [3.63, 3.8) is 0 Å². The van der Waals surface area contributed by atoms with Crippen LogP contribution < -0.4 is 5.73 Å².